The minimum absolute atomic E-state index is 0.201. The summed E-state index contributed by atoms with van der Waals surface area (Å²) in [5, 5.41) is 7.98. The summed E-state index contributed by atoms with van der Waals surface area (Å²) in [6.07, 6.45) is 12.3. The van der Waals surface area contributed by atoms with E-state index in [2.05, 4.69) is 15.4 Å². The van der Waals surface area contributed by atoms with E-state index in [1.807, 2.05) is 22.0 Å². The van der Waals surface area contributed by atoms with E-state index < -0.39 is 0 Å². The van der Waals surface area contributed by atoms with Gasteiger partial charge in [-0.2, -0.15) is 5.10 Å². The zero-order valence-electron chi connectivity index (χ0n) is 16.4. The van der Waals surface area contributed by atoms with E-state index in [0.29, 0.717) is 25.6 Å². The minimum Gasteiger partial charge on any atom is -0.338 e. The number of hydrogen-bond donors (Lipinski definition) is 1. The second-order valence-electron chi connectivity index (χ2n) is 8.21. The molecule has 1 amide bonds. The summed E-state index contributed by atoms with van der Waals surface area (Å²) in [4.78, 5) is 24.1. The summed E-state index contributed by atoms with van der Waals surface area (Å²) in [5.74, 6) is 1.12. The van der Waals surface area contributed by atoms with Crippen LogP contribution in [-0.4, -0.2) is 43.6 Å². The first-order valence-electron chi connectivity index (χ1n) is 10.7. The highest BCUT2D eigenvalue weighted by Crippen LogP contribution is 2.24. The van der Waals surface area contributed by atoms with E-state index in [1.165, 1.54) is 30.5 Å². The van der Waals surface area contributed by atoms with Gasteiger partial charge in [-0.1, -0.05) is 0 Å². The number of nitrogens with zero attached hydrogens (tertiary/aromatic N) is 5. The molecule has 5 rings (SSSR count). The lowest BCUT2D eigenvalue weighted by molar-refractivity contribution is -0.132. The third kappa shape index (κ3) is 3.43. The molecule has 1 saturated heterocycles. The van der Waals surface area contributed by atoms with E-state index in [-0.39, 0.29) is 5.91 Å². The summed E-state index contributed by atoms with van der Waals surface area (Å²) < 4.78 is 2.05. The summed E-state index contributed by atoms with van der Waals surface area (Å²) in [6, 6.07) is 0.296. The molecule has 0 radical (unpaired) electrons. The first-order chi connectivity index (χ1) is 13.8. The Balaban J connectivity index is 1.21. The molecule has 148 valence electrons. The Morgan fingerprint density at radius 2 is 2.07 bits per heavy atom. The molecule has 3 aliphatic rings. The molecule has 1 aliphatic carbocycles. The predicted molar refractivity (Wildman–Crippen MR) is 105 cm³/mol. The number of rotatable bonds is 4. The van der Waals surface area contributed by atoms with Gasteiger partial charge in [0.25, 0.3) is 0 Å². The smallest absolute Gasteiger partial charge is 0.224 e. The Morgan fingerprint density at radius 3 is 2.96 bits per heavy atom. The van der Waals surface area contributed by atoms with Crippen LogP contribution in [0.3, 0.4) is 0 Å². The number of hydrogen-bond acceptors (Lipinski definition) is 5. The molecule has 0 unspecified atom stereocenters. The molecular formula is C21H28N6O. The lowest BCUT2D eigenvalue weighted by Crippen LogP contribution is -2.37. The quantitative estimate of drug-likeness (QED) is 0.877. The highest BCUT2D eigenvalue weighted by molar-refractivity contribution is 5.76. The van der Waals surface area contributed by atoms with E-state index in [9.17, 15) is 4.79 Å². The van der Waals surface area contributed by atoms with Crippen LogP contribution in [0, 0.1) is 0 Å². The third-order valence-corrected chi connectivity index (χ3v) is 6.36. The van der Waals surface area contributed by atoms with Gasteiger partial charge in [0.15, 0.2) is 0 Å². The maximum absolute atomic E-state index is 12.8. The van der Waals surface area contributed by atoms with Gasteiger partial charge in [0.1, 0.15) is 5.82 Å². The monoisotopic (exact) mass is 380 g/mol. The molecule has 7 nitrogen and oxygen atoms in total. The first-order valence-corrected chi connectivity index (χ1v) is 10.7. The number of carbonyl (C=O) groups is 1. The van der Waals surface area contributed by atoms with Crippen molar-refractivity contribution in [3.63, 3.8) is 0 Å². The highest BCUT2D eigenvalue weighted by Gasteiger charge is 2.25. The predicted octanol–water partition coefficient (Wildman–Crippen LogP) is 1.95. The van der Waals surface area contributed by atoms with Crippen molar-refractivity contribution in [1.29, 1.82) is 0 Å². The second kappa shape index (κ2) is 7.62. The highest BCUT2D eigenvalue weighted by atomic mass is 16.2. The standard InChI is InChI=1S/C21H28N6O/c28-20(8-11-27-19-6-2-1-4-15(19)13-24-27)26-10-7-17-16(14-26)12-23-21(25-17)18-5-3-9-22-18/h12-13,18,22H,1-11,14H2/t18-/m0/s1. The molecule has 4 heterocycles. The van der Waals surface area contributed by atoms with Crippen molar-refractivity contribution in [2.75, 3.05) is 13.1 Å². The van der Waals surface area contributed by atoms with Crippen LogP contribution in [0.25, 0.3) is 0 Å². The van der Waals surface area contributed by atoms with Crippen LogP contribution in [0.2, 0.25) is 0 Å². The maximum atomic E-state index is 12.8. The van der Waals surface area contributed by atoms with Crippen LogP contribution in [0.4, 0.5) is 0 Å². The molecule has 1 atom stereocenters. The van der Waals surface area contributed by atoms with Crippen LogP contribution in [0.5, 0.6) is 0 Å². The fraction of sp³-hybridized carbons (Fsp3) is 0.619. The molecule has 0 saturated carbocycles. The molecule has 0 spiro atoms. The van der Waals surface area contributed by atoms with Gasteiger partial charge >= 0.3 is 0 Å². The number of nitrogens with one attached hydrogen (secondary N) is 1. The molecule has 1 fully saturated rings. The summed E-state index contributed by atoms with van der Waals surface area (Å²) in [5.41, 5.74) is 4.92. The molecule has 0 aromatic carbocycles. The van der Waals surface area contributed by atoms with Gasteiger partial charge in [-0.05, 0) is 50.6 Å². The molecule has 2 aromatic heterocycles. The normalized spacial score (nSPS) is 21.4. The molecular weight excluding hydrogens is 352 g/mol. The van der Waals surface area contributed by atoms with Crippen LogP contribution >= 0.6 is 0 Å². The number of aromatic nitrogens is 4. The van der Waals surface area contributed by atoms with E-state index in [0.717, 1.165) is 55.9 Å². The Hall–Kier alpha value is -2.28. The van der Waals surface area contributed by atoms with Gasteiger partial charge in [-0.3, -0.25) is 9.48 Å². The van der Waals surface area contributed by atoms with Crippen LogP contribution in [0.1, 0.15) is 66.5 Å². The average Bonchev–Trinajstić information content (AvgIpc) is 3.41. The molecule has 2 aliphatic heterocycles. The first kappa shape index (κ1) is 17.8. The molecule has 28 heavy (non-hydrogen) atoms. The lowest BCUT2D eigenvalue weighted by Gasteiger charge is -2.28. The largest absolute Gasteiger partial charge is 0.338 e. The van der Waals surface area contributed by atoms with Crippen molar-refractivity contribution < 1.29 is 4.79 Å². The van der Waals surface area contributed by atoms with E-state index in [4.69, 9.17) is 4.98 Å². The number of fused-ring (bicyclic) bond motifs is 2. The average molecular weight is 380 g/mol. The number of carbonyl (C=O) groups excluding carboxylic acids is 1. The SMILES string of the molecule is O=C(CCn1ncc2c1CCCC2)N1CCc2nc([C@@H]3CCCN3)ncc2C1. The van der Waals surface area contributed by atoms with Crippen molar-refractivity contribution in [2.45, 2.75) is 70.5 Å². The third-order valence-electron chi connectivity index (χ3n) is 6.36. The molecule has 1 N–H and O–H groups in total. The molecule has 2 aromatic rings. The van der Waals surface area contributed by atoms with Crippen LogP contribution < -0.4 is 5.32 Å². The Bertz CT molecular complexity index is 870. The van der Waals surface area contributed by atoms with Crippen LogP contribution in [0.15, 0.2) is 12.4 Å². The van der Waals surface area contributed by atoms with E-state index in [1.54, 1.807) is 0 Å². The summed E-state index contributed by atoms with van der Waals surface area (Å²) in [7, 11) is 0. The van der Waals surface area contributed by atoms with Crippen molar-refractivity contribution in [1.82, 2.24) is 30.0 Å². The number of aryl methyl sites for hydroxylation is 2. The van der Waals surface area contributed by atoms with Crippen LogP contribution in [-0.2, 0) is 37.1 Å². The summed E-state index contributed by atoms with van der Waals surface area (Å²) >= 11 is 0. The number of amides is 1. The Morgan fingerprint density at radius 1 is 1.14 bits per heavy atom. The minimum atomic E-state index is 0.201. The Kier molecular flexibility index (Phi) is 4.84. The van der Waals surface area contributed by atoms with Gasteiger partial charge in [-0.15, -0.1) is 0 Å². The fourth-order valence-electron chi connectivity index (χ4n) is 4.73. The van der Waals surface area contributed by atoms with Gasteiger partial charge in [-0.25, -0.2) is 9.97 Å². The zero-order valence-corrected chi connectivity index (χ0v) is 16.4. The topological polar surface area (TPSA) is 75.9 Å². The van der Waals surface area contributed by atoms with Gasteiger partial charge in [0.05, 0.1) is 17.9 Å². The molecule has 7 heteroatoms. The Labute approximate surface area is 165 Å². The van der Waals surface area contributed by atoms with Crippen molar-refractivity contribution >= 4 is 5.91 Å². The van der Waals surface area contributed by atoms with Gasteiger partial charge in [0.2, 0.25) is 5.91 Å². The zero-order chi connectivity index (χ0) is 18.9. The molecule has 0 bridgehead atoms. The van der Waals surface area contributed by atoms with Crippen molar-refractivity contribution in [2.24, 2.45) is 0 Å². The lowest BCUT2D eigenvalue weighted by atomic mass is 9.98. The van der Waals surface area contributed by atoms with Crippen molar-refractivity contribution in [3.8, 4) is 0 Å². The second-order valence-corrected chi connectivity index (χ2v) is 8.21. The maximum Gasteiger partial charge on any atom is 0.224 e. The van der Waals surface area contributed by atoms with Gasteiger partial charge < -0.3 is 10.2 Å². The van der Waals surface area contributed by atoms with Crippen molar-refractivity contribution in [3.05, 3.63) is 40.7 Å². The van der Waals surface area contributed by atoms with Gasteiger partial charge in [0, 0.05) is 49.9 Å². The fourth-order valence-corrected chi connectivity index (χ4v) is 4.73. The summed E-state index contributed by atoms with van der Waals surface area (Å²) in [6.45, 7) is 3.11. The van der Waals surface area contributed by atoms with E-state index >= 15 is 0 Å².